The van der Waals surface area contributed by atoms with Crippen LogP contribution in [0.4, 0.5) is 4.39 Å². The van der Waals surface area contributed by atoms with Crippen molar-refractivity contribution in [3.05, 3.63) is 63.9 Å². The molecule has 100 valence electrons. The largest absolute Gasteiger partial charge is 0.489 e. The Labute approximate surface area is 120 Å². The fourth-order valence-electron chi connectivity index (χ4n) is 1.79. The van der Waals surface area contributed by atoms with Gasteiger partial charge in [0, 0.05) is 16.1 Å². The lowest BCUT2D eigenvalue weighted by atomic mass is 10.1. The number of rotatable bonds is 4. The lowest BCUT2D eigenvalue weighted by molar-refractivity contribution is 0.301. The molecule has 0 fully saturated rings. The predicted octanol–water partition coefficient (Wildman–Crippen LogP) is 4.19. The zero-order chi connectivity index (χ0) is 13.8. The molecule has 0 aliphatic rings. The van der Waals surface area contributed by atoms with Crippen molar-refractivity contribution in [2.45, 2.75) is 19.6 Å². The van der Waals surface area contributed by atoms with Gasteiger partial charge in [0.05, 0.1) is 0 Å². The molecule has 1 atom stereocenters. The van der Waals surface area contributed by atoms with Gasteiger partial charge in [0.15, 0.2) is 0 Å². The zero-order valence-corrected chi connectivity index (χ0v) is 12.2. The summed E-state index contributed by atoms with van der Waals surface area (Å²) in [5.74, 6) is 0.465. The summed E-state index contributed by atoms with van der Waals surface area (Å²) in [5, 5.41) is 0. The van der Waals surface area contributed by atoms with Gasteiger partial charge in [-0.1, -0.05) is 28.1 Å². The molecular weight excluding hydrogens is 309 g/mol. The Morgan fingerprint density at radius 1 is 1.26 bits per heavy atom. The number of hydrogen-bond acceptors (Lipinski definition) is 2. The van der Waals surface area contributed by atoms with Crippen LogP contribution in [0.5, 0.6) is 5.75 Å². The van der Waals surface area contributed by atoms with Crippen LogP contribution >= 0.6 is 15.9 Å². The third kappa shape index (κ3) is 3.78. The summed E-state index contributed by atoms with van der Waals surface area (Å²) >= 11 is 3.41. The van der Waals surface area contributed by atoms with E-state index >= 15 is 0 Å². The van der Waals surface area contributed by atoms with E-state index in [0.29, 0.717) is 6.61 Å². The van der Waals surface area contributed by atoms with Crippen LogP contribution in [0.15, 0.2) is 46.9 Å². The molecule has 0 spiro atoms. The highest BCUT2D eigenvalue weighted by Crippen LogP contribution is 2.28. The summed E-state index contributed by atoms with van der Waals surface area (Å²) < 4.78 is 19.8. The van der Waals surface area contributed by atoms with Gasteiger partial charge in [-0.25, -0.2) is 4.39 Å². The first kappa shape index (κ1) is 14.0. The van der Waals surface area contributed by atoms with Crippen molar-refractivity contribution in [2.75, 3.05) is 0 Å². The zero-order valence-electron chi connectivity index (χ0n) is 10.6. The first-order valence-electron chi connectivity index (χ1n) is 5.98. The molecule has 0 heterocycles. The average molecular weight is 324 g/mol. The smallest absolute Gasteiger partial charge is 0.124 e. The van der Waals surface area contributed by atoms with Gasteiger partial charge in [0.1, 0.15) is 18.2 Å². The van der Waals surface area contributed by atoms with E-state index in [-0.39, 0.29) is 11.9 Å². The summed E-state index contributed by atoms with van der Waals surface area (Å²) in [4.78, 5) is 0. The van der Waals surface area contributed by atoms with Gasteiger partial charge in [-0.05, 0) is 42.8 Å². The molecule has 2 aromatic rings. The van der Waals surface area contributed by atoms with Crippen molar-refractivity contribution in [3.8, 4) is 5.75 Å². The Morgan fingerprint density at radius 2 is 2.05 bits per heavy atom. The Kier molecular flexibility index (Phi) is 4.56. The van der Waals surface area contributed by atoms with E-state index in [1.165, 1.54) is 12.1 Å². The fraction of sp³-hybridized carbons (Fsp3) is 0.200. The third-order valence-corrected chi connectivity index (χ3v) is 3.24. The maximum Gasteiger partial charge on any atom is 0.124 e. The van der Waals surface area contributed by atoms with Gasteiger partial charge < -0.3 is 10.5 Å². The summed E-state index contributed by atoms with van der Waals surface area (Å²) in [7, 11) is 0. The minimum absolute atomic E-state index is 0.125. The van der Waals surface area contributed by atoms with Crippen LogP contribution in [-0.4, -0.2) is 0 Å². The molecule has 2 aromatic carbocycles. The Balaban J connectivity index is 2.15. The SMILES string of the molecule is C[C@H](N)c1cc(Br)ccc1OCc1cccc(F)c1. The molecule has 0 aromatic heterocycles. The van der Waals surface area contributed by atoms with Crippen molar-refractivity contribution in [2.24, 2.45) is 5.73 Å². The second kappa shape index (κ2) is 6.17. The lowest BCUT2D eigenvalue weighted by Gasteiger charge is -2.14. The quantitative estimate of drug-likeness (QED) is 0.915. The Morgan fingerprint density at radius 3 is 2.74 bits per heavy atom. The molecule has 2 rings (SSSR count). The van der Waals surface area contributed by atoms with Crippen molar-refractivity contribution < 1.29 is 9.13 Å². The van der Waals surface area contributed by atoms with Gasteiger partial charge in [0.25, 0.3) is 0 Å². The van der Waals surface area contributed by atoms with E-state index in [0.717, 1.165) is 21.3 Å². The molecule has 2 nitrogen and oxygen atoms in total. The molecule has 0 radical (unpaired) electrons. The molecule has 0 saturated carbocycles. The van der Waals surface area contributed by atoms with Crippen LogP contribution in [-0.2, 0) is 6.61 Å². The molecule has 0 amide bonds. The maximum atomic E-state index is 13.1. The standard InChI is InChI=1S/C15H15BrFNO/c1-10(18)14-8-12(16)5-6-15(14)19-9-11-3-2-4-13(17)7-11/h2-8,10H,9,18H2,1H3/t10-/m0/s1. The van der Waals surface area contributed by atoms with Crippen LogP contribution in [0.2, 0.25) is 0 Å². The molecule has 19 heavy (non-hydrogen) atoms. The molecule has 0 saturated heterocycles. The minimum atomic E-state index is -0.260. The van der Waals surface area contributed by atoms with Gasteiger partial charge >= 0.3 is 0 Å². The van der Waals surface area contributed by atoms with E-state index in [9.17, 15) is 4.39 Å². The molecule has 0 bridgehead atoms. The summed E-state index contributed by atoms with van der Waals surface area (Å²) in [6, 6.07) is 11.9. The highest BCUT2D eigenvalue weighted by Gasteiger charge is 2.09. The molecule has 4 heteroatoms. The van der Waals surface area contributed by atoms with E-state index < -0.39 is 0 Å². The highest BCUT2D eigenvalue weighted by molar-refractivity contribution is 9.10. The number of halogens is 2. The topological polar surface area (TPSA) is 35.2 Å². The monoisotopic (exact) mass is 323 g/mol. The van der Waals surface area contributed by atoms with Gasteiger partial charge in [-0.15, -0.1) is 0 Å². The van der Waals surface area contributed by atoms with Crippen molar-refractivity contribution >= 4 is 15.9 Å². The van der Waals surface area contributed by atoms with Crippen molar-refractivity contribution in [3.63, 3.8) is 0 Å². The van der Waals surface area contributed by atoms with Crippen LogP contribution in [0.25, 0.3) is 0 Å². The fourth-order valence-corrected chi connectivity index (χ4v) is 2.17. The second-order valence-corrected chi connectivity index (χ2v) is 5.31. The lowest BCUT2D eigenvalue weighted by Crippen LogP contribution is -2.08. The van der Waals surface area contributed by atoms with Gasteiger partial charge in [0.2, 0.25) is 0 Å². The highest BCUT2D eigenvalue weighted by atomic mass is 79.9. The molecule has 0 aliphatic carbocycles. The van der Waals surface area contributed by atoms with E-state index in [2.05, 4.69) is 15.9 Å². The van der Waals surface area contributed by atoms with Crippen LogP contribution < -0.4 is 10.5 Å². The average Bonchev–Trinajstić information content (AvgIpc) is 2.37. The van der Waals surface area contributed by atoms with E-state index in [1.54, 1.807) is 6.07 Å². The predicted molar refractivity (Wildman–Crippen MR) is 77.5 cm³/mol. The van der Waals surface area contributed by atoms with Crippen LogP contribution in [0, 0.1) is 5.82 Å². The first-order valence-corrected chi connectivity index (χ1v) is 6.78. The first-order chi connectivity index (χ1) is 9.06. The molecule has 0 aliphatic heterocycles. The number of ether oxygens (including phenoxy) is 1. The van der Waals surface area contributed by atoms with E-state index in [4.69, 9.17) is 10.5 Å². The number of benzene rings is 2. The number of hydrogen-bond donors (Lipinski definition) is 1. The summed E-state index contributed by atoms with van der Waals surface area (Å²) in [5.41, 5.74) is 7.63. The minimum Gasteiger partial charge on any atom is -0.489 e. The van der Waals surface area contributed by atoms with Gasteiger partial charge in [-0.2, -0.15) is 0 Å². The Bertz CT molecular complexity index is 572. The van der Waals surface area contributed by atoms with Gasteiger partial charge in [-0.3, -0.25) is 0 Å². The molecule has 2 N–H and O–H groups in total. The third-order valence-electron chi connectivity index (χ3n) is 2.75. The molecule has 0 unspecified atom stereocenters. The summed E-state index contributed by atoms with van der Waals surface area (Å²) in [6.45, 7) is 2.22. The molecular formula is C15H15BrFNO. The Hall–Kier alpha value is -1.39. The van der Waals surface area contributed by atoms with Crippen molar-refractivity contribution in [1.82, 2.24) is 0 Å². The number of nitrogens with two attached hydrogens (primary N) is 1. The van der Waals surface area contributed by atoms with E-state index in [1.807, 2.05) is 31.2 Å². The van der Waals surface area contributed by atoms with Crippen LogP contribution in [0.1, 0.15) is 24.1 Å². The van der Waals surface area contributed by atoms with Crippen LogP contribution in [0.3, 0.4) is 0 Å². The maximum absolute atomic E-state index is 13.1. The van der Waals surface area contributed by atoms with Crippen molar-refractivity contribution in [1.29, 1.82) is 0 Å². The normalized spacial score (nSPS) is 12.2. The summed E-state index contributed by atoms with van der Waals surface area (Å²) in [6.07, 6.45) is 0. The second-order valence-electron chi connectivity index (χ2n) is 4.39.